The van der Waals surface area contributed by atoms with Gasteiger partial charge < -0.3 is 19.1 Å². The Balaban J connectivity index is 1.82. The van der Waals surface area contributed by atoms with Crippen LogP contribution < -0.4 is 9.47 Å². The minimum Gasteiger partial charge on any atom is -0.493 e. The molecule has 2 aromatic carbocycles. The van der Waals surface area contributed by atoms with Gasteiger partial charge in [-0.25, -0.2) is 0 Å². The second-order valence-electron chi connectivity index (χ2n) is 4.93. The van der Waals surface area contributed by atoms with E-state index in [0.29, 0.717) is 30.0 Å². The fourth-order valence-electron chi connectivity index (χ4n) is 2.57. The number of fused-ring (bicyclic) bond motifs is 1. The predicted octanol–water partition coefficient (Wildman–Crippen LogP) is 3.83. The summed E-state index contributed by atoms with van der Waals surface area (Å²) in [5.74, 6) is 1.12. The summed E-state index contributed by atoms with van der Waals surface area (Å²) in [6.45, 7) is 0.685. The molecule has 0 spiro atoms. The van der Waals surface area contributed by atoms with Crippen LogP contribution in [0.4, 0.5) is 5.69 Å². The largest absolute Gasteiger partial charge is 0.493 e. The summed E-state index contributed by atoms with van der Waals surface area (Å²) >= 11 is 0. The van der Waals surface area contributed by atoms with E-state index in [4.69, 9.17) is 9.47 Å². The maximum absolute atomic E-state index is 11.0. The van der Waals surface area contributed by atoms with Gasteiger partial charge in [0.2, 0.25) is 5.88 Å². The first-order chi connectivity index (χ1) is 11.3. The fourth-order valence-corrected chi connectivity index (χ4v) is 2.57. The van der Waals surface area contributed by atoms with Crippen LogP contribution in [0.3, 0.4) is 0 Å². The van der Waals surface area contributed by atoms with Crippen molar-refractivity contribution in [2.24, 2.45) is 5.18 Å². The van der Waals surface area contributed by atoms with Gasteiger partial charge in [-0.05, 0) is 23.4 Å². The first-order valence-corrected chi connectivity index (χ1v) is 7.15. The van der Waals surface area contributed by atoms with E-state index in [1.165, 1.54) is 0 Å². The van der Waals surface area contributed by atoms with Crippen LogP contribution in [-0.2, 0) is 6.54 Å². The van der Waals surface area contributed by atoms with Gasteiger partial charge >= 0.3 is 0 Å². The Morgan fingerprint density at radius 2 is 1.78 bits per heavy atom. The van der Waals surface area contributed by atoms with Crippen molar-refractivity contribution in [1.82, 2.24) is 4.57 Å². The number of para-hydroxylation sites is 3. The van der Waals surface area contributed by atoms with Gasteiger partial charge in [-0.3, -0.25) is 0 Å². The molecular formula is C17H16N2O4. The quantitative estimate of drug-likeness (QED) is 0.702. The van der Waals surface area contributed by atoms with E-state index in [-0.39, 0.29) is 11.6 Å². The molecule has 0 aliphatic carbocycles. The van der Waals surface area contributed by atoms with E-state index in [9.17, 15) is 10.0 Å². The number of hydrogen-bond donors (Lipinski definition) is 1. The van der Waals surface area contributed by atoms with Crippen LogP contribution in [0, 0.1) is 4.91 Å². The van der Waals surface area contributed by atoms with Crippen LogP contribution in [0.15, 0.2) is 53.7 Å². The van der Waals surface area contributed by atoms with Crippen molar-refractivity contribution in [2.45, 2.75) is 6.54 Å². The van der Waals surface area contributed by atoms with Gasteiger partial charge in [0.15, 0.2) is 17.2 Å². The third-order valence-electron chi connectivity index (χ3n) is 3.65. The molecule has 3 rings (SSSR count). The van der Waals surface area contributed by atoms with Crippen LogP contribution >= 0.6 is 0 Å². The summed E-state index contributed by atoms with van der Waals surface area (Å²) in [6, 6.07) is 14.6. The fraction of sp³-hybridized carbons (Fsp3) is 0.176. The average molecular weight is 312 g/mol. The lowest BCUT2D eigenvalue weighted by molar-refractivity contribution is 0.274. The van der Waals surface area contributed by atoms with E-state index >= 15 is 0 Å². The maximum atomic E-state index is 11.0. The summed E-state index contributed by atoms with van der Waals surface area (Å²) < 4.78 is 12.6. The molecule has 0 saturated heterocycles. The number of aromatic hydroxyl groups is 1. The van der Waals surface area contributed by atoms with Gasteiger partial charge in [0.1, 0.15) is 6.61 Å². The van der Waals surface area contributed by atoms with Gasteiger partial charge in [-0.15, -0.1) is 4.91 Å². The van der Waals surface area contributed by atoms with Crippen molar-refractivity contribution in [2.75, 3.05) is 13.7 Å². The lowest BCUT2D eigenvalue weighted by Gasteiger charge is -2.11. The lowest BCUT2D eigenvalue weighted by Crippen LogP contribution is -2.08. The van der Waals surface area contributed by atoms with Crippen LogP contribution in [-0.4, -0.2) is 23.4 Å². The molecule has 0 amide bonds. The van der Waals surface area contributed by atoms with Crippen molar-refractivity contribution in [3.63, 3.8) is 0 Å². The Morgan fingerprint density at radius 1 is 1.09 bits per heavy atom. The summed E-state index contributed by atoms with van der Waals surface area (Å²) in [5, 5.41) is 13.8. The Kier molecular flexibility index (Phi) is 4.14. The molecule has 0 aliphatic rings. The molecule has 0 aliphatic heterocycles. The van der Waals surface area contributed by atoms with Crippen LogP contribution in [0.2, 0.25) is 0 Å². The number of aromatic nitrogens is 1. The first-order valence-electron chi connectivity index (χ1n) is 7.15. The van der Waals surface area contributed by atoms with Crippen LogP contribution in [0.25, 0.3) is 10.9 Å². The van der Waals surface area contributed by atoms with E-state index in [0.717, 1.165) is 5.52 Å². The van der Waals surface area contributed by atoms with Crippen LogP contribution in [0.1, 0.15) is 0 Å². The molecule has 23 heavy (non-hydrogen) atoms. The lowest BCUT2D eigenvalue weighted by atomic mass is 10.2. The highest BCUT2D eigenvalue weighted by Crippen LogP contribution is 2.38. The van der Waals surface area contributed by atoms with Crippen molar-refractivity contribution < 1.29 is 14.6 Å². The molecular weight excluding hydrogens is 296 g/mol. The Labute approximate surface area is 132 Å². The number of nitrogens with zero attached hydrogens (tertiary/aromatic N) is 2. The standard InChI is InChI=1S/C17H16N2O4/c1-22-14-8-4-5-9-15(14)23-11-10-19-13-7-3-2-6-12(13)16(18-21)17(19)20/h2-9,20H,10-11H2,1H3. The molecule has 0 saturated carbocycles. The smallest absolute Gasteiger partial charge is 0.222 e. The Bertz CT molecular complexity index is 842. The van der Waals surface area contributed by atoms with E-state index in [2.05, 4.69) is 5.18 Å². The average Bonchev–Trinajstić information content (AvgIpc) is 2.87. The van der Waals surface area contributed by atoms with Gasteiger partial charge in [-0.2, -0.15) is 0 Å². The minimum atomic E-state index is -0.148. The molecule has 3 aromatic rings. The molecule has 0 fully saturated rings. The van der Waals surface area contributed by atoms with E-state index < -0.39 is 0 Å². The third kappa shape index (κ3) is 2.70. The number of methoxy groups -OCH3 is 1. The molecule has 6 heteroatoms. The molecule has 1 heterocycles. The van der Waals surface area contributed by atoms with Crippen molar-refractivity contribution in [3.8, 4) is 17.4 Å². The summed E-state index contributed by atoms with van der Waals surface area (Å²) in [5.41, 5.74) is 0.793. The summed E-state index contributed by atoms with van der Waals surface area (Å²) in [4.78, 5) is 11.0. The monoisotopic (exact) mass is 312 g/mol. The topological polar surface area (TPSA) is 73.1 Å². The molecule has 0 radical (unpaired) electrons. The zero-order valence-corrected chi connectivity index (χ0v) is 12.6. The molecule has 1 N–H and O–H groups in total. The second-order valence-corrected chi connectivity index (χ2v) is 4.93. The van der Waals surface area contributed by atoms with Crippen molar-refractivity contribution in [1.29, 1.82) is 0 Å². The Hall–Kier alpha value is -3.02. The molecule has 118 valence electrons. The number of benzene rings is 2. The second kappa shape index (κ2) is 6.39. The molecule has 0 bridgehead atoms. The highest BCUT2D eigenvalue weighted by molar-refractivity contribution is 5.95. The molecule has 6 nitrogen and oxygen atoms in total. The number of hydrogen-bond acceptors (Lipinski definition) is 5. The Morgan fingerprint density at radius 3 is 2.52 bits per heavy atom. The number of rotatable bonds is 6. The van der Waals surface area contributed by atoms with Crippen molar-refractivity contribution >= 4 is 16.6 Å². The van der Waals surface area contributed by atoms with Gasteiger partial charge in [0.25, 0.3) is 0 Å². The molecule has 0 unspecified atom stereocenters. The maximum Gasteiger partial charge on any atom is 0.222 e. The summed E-state index contributed by atoms with van der Waals surface area (Å²) in [7, 11) is 1.58. The zero-order valence-electron chi connectivity index (χ0n) is 12.6. The highest BCUT2D eigenvalue weighted by Gasteiger charge is 2.16. The molecule has 0 atom stereocenters. The van der Waals surface area contributed by atoms with Gasteiger partial charge in [0.05, 0.1) is 19.2 Å². The minimum absolute atomic E-state index is 0.0536. The number of ether oxygens (including phenoxy) is 2. The number of nitroso groups, excluding NO2 is 1. The van der Waals surface area contributed by atoms with E-state index in [1.54, 1.807) is 23.8 Å². The highest BCUT2D eigenvalue weighted by atomic mass is 16.5. The first kappa shape index (κ1) is 14.9. The zero-order chi connectivity index (χ0) is 16.2. The van der Waals surface area contributed by atoms with E-state index in [1.807, 2.05) is 36.4 Å². The van der Waals surface area contributed by atoms with Gasteiger partial charge in [0, 0.05) is 5.39 Å². The van der Waals surface area contributed by atoms with Crippen molar-refractivity contribution in [3.05, 3.63) is 53.4 Å². The van der Waals surface area contributed by atoms with Crippen LogP contribution in [0.5, 0.6) is 17.4 Å². The van der Waals surface area contributed by atoms with Gasteiger partial charge in [-0.1, -0.05) is 30.3 Å². The SMILES string of the molecule is COc1ccccc1OCCn1c(O)c(N=O)c2ccccc21. The summed E-state index contributed by atoms with van der Waals surface area (Å²) in [6.07, 6.45) is 0. The molecule has 1 aromatic heterocycles. The third-order valence-corrected chi connectivity index (χ3v) is 3.65. The normalized spacial score (nSPS) is 10.7. The predicted molar refractivity (Wildman–Crippen MR) is 87.5 cm³/mol.